The fraction of sp³-hybridized carbons (Fsp3) is 0.692. The summed E-state index contributed by atoms with van der Waals surface area (Å²) in [5.41, 5.74) is -3.71. The molecule has 1 atom stereocenters. The number of hydrogen-bond acceptors (Lipinski definition) is 5. The van der Waals surface area contributed by atoms with Crippen molar-refractivity contribution in [3.63, 3.8) is 0 Å². The number of carbonyl (C=O) groups excluding carboxylic acids is 1. The van der Waals surface area contributed by atoms with E-state index in [0.717, 1.165) is 44.6 Å². The summed E-state index contributed by atoms with van der Waals surface area (Å²) in [5, 5.41) is 21.6. The van der Waals surface area contributed by atoms with Gasteiger partial charge in [-0.15, -0.1) is 0 Å². The summed E-state index contributed by atoms with van der Waals surface area (Å²) < 4.78 is 99.2. The Bertz CT molecular complexity index is 1060. The van der Waals surface area contributed by atoms with E-state index in [2.05, 4.69) is 5.32 Å². The van der Waals surface area contributed by atoms with Crippen LogP contribution in [0, 0.1) is 11.3 Å². The maximum absolute atomic E-state index is 13.1. The zero-order chi connectivity index (χ0) is 29.7. The molecule has 2 N–H and O–H groups in total. The van der Waals surface area contributed by atoms with Crippen LogP contribution in [0.5, 0.6) is 0 Å². The Morgan fingerprint density at radius 3 is 1.90 bits per heavy atom. The summed E-state index contributed by atoms with van der Waals surface area (Å²) in [7, 11) is -3.46. The largest absolute Gasteiger partial charge is 0.417 e. The predicted molar refractivity (Wildman–Crippen MR) is 136 cm³/mol. The van der Waals surface area contributed by atoms with Gasteiger partial charge in [0.1, 0.15) is 15.4 Å². The molecule has 6 nitrogen and oxygen atoms in total. The highest BCUT2D eigenvalue weighted by Crippen LogP contribution is 2.34. The number of anilines is 1. The topological polar surface area (TPSA) is 107 Å². The number of benzene rings is 1. The SMILES string of the molecule is C[C@](O)(CCCCCCCCCCCS(=O)(=O)CCCC(F)(F)F)C(=O)Nc1ccc(C#N)c(C(F)(F)F)c1. The van der Waals surface area contributed by atoms with Crippen LogP contribution in [0.15, 0.2) is 18.2 Å². The number of hydrogen-bond donors (Lipinski definition) is 2. The molecule has 0 aliphatic heterocycles. The van der Waals surface area contributed by atoms with Crippen molar-refractivity contribution in [2.75, 3.05) is 16.8 Å². The first-order chi connectivity index (χ1) is 18.0. The van der Waals surface area contributed by atoms with Crippen molar-refractivity contribution in [1.82, 2.24) is 0 Å². The molecule has 1 amide bonds. The minimum absolute atomic E-state index is 0.104. The van der Waals surface area contributed by atoms with Crippen molar-refractivity contribution in [2.24, 2.45) is 0 Å². The maximum Gasteiger partial charge on any atom is 0.417 e. The standard InChI is InChI=1S/C26H36F6N2O4S/c1-24(36,23(35)34-21-13-12-20(19-33)22(18-21)26(30,31)32)14-9-7-5-3-2-4-6-8-10-16-39(37,38)17-11-15-25(27,28)29/h12-13,18,36H,2-11,14-17H2,1H3,(H,34,35)/t24-/m0/s1. The average molecular weight is 587 g/mol. The highest BCUT2D eigenvalue weighted by Gasteiger charge is 2.35. The van der Waals surface area contributed by atoms with Gasteiger partial charge in [-0.2, -0.15) is 31.6 Å². The van der Waals surface area contributed by atoms with Crippen LogP contribution in [0.25, 0.3) is 0 Å². The molecule has 1 aromatic rings. The van der Waals surface area contributed by atoms with Gasteiger partial charge in [-0.1, -0.05) is 51.4 Å². The predicted octanol–water partition coefficient (Wildman–Crippen LogP) is 6.92. The second-order valence-electron chi connectivity index (χ2n) is 9.90. The van der Waals surface area contributed by atoms with E-state index < -0.39 is 63.4 Å². The summed E-state index contributed by atoms with van der Waals surface area (Å²) in [6, 6.07) is 4.24. The van der Waals surface area contributed by atoms with Gasteiger partial charge in [-0.05, 0) is 44.4 Å². The van der Waals surface area contributed by atoms with Gasteiger partial charge < -0.3 is 10.4 Å². The van der Waals surface area contributed by atoms with Crippen LogP contribution < -0.4 is 5.32 Å². The number of rotatable bonds is 17. The van der Waals surface area contributed by atoms with E-state index in [1.807, 2.05) is 0 Å². The summed E-state index contributed by atoms with van der Waals surface area (Å²) in [6.45, 7) is 1.28. The van der Waals surface area contributed by atoms with Crippen molar-refractivity contribution in [3.8, 4) is 6.07 Å². The second-order valence-corrected chi connectivity index (χ2v) is 12.2. The zero-order valence-corrected chi connectivity index (χ0v) is 22.7. The fourth-order valence-corrected chi connectivity index (χ4v) is 5.39. The molecule has 13 heteroatoms. The molecule has 0 heterocycles. The van der Waals surface area contributed by atoms with Gasteiger partial charge in [0.15, 0.2) is 0 Å². The number of carbonyl (C=O) groups is 1. The Morgan fingerprint density at radius 2 is 1.38 bits per heavy atom. The van der Waals surface area contributed by atoms with Crippen LogP contribution in [0.1, 0.15) is 95.1 Å². The van der Waals surface area contributed by atoms with Crippen molar-refractivity contribution in [3.05, 3.63) is 29.3 Å². The Hall–Kier alpha value is -2.33. The first kappa shape index (κ1) is 34.7. The third-order valence-electron chi connectivity index (χ3n) is 6.23. The molecule has 0 bridgehead atoms. The monoisotopic (exact) mass is 586 g/mol. The Labute approximate surface area is 225 Å². The minimum Gasteiger partial charge on any atom is -0.380 e. The van der Waals surface area contributed by atoms with E-state index in [4.69, 9.17) is 5.26 Å². The lowest BCUT2D eigenvalue weighted by atomic mass is 9.96. The number of alkyl halides is 6. The fourth-order valence-electron chi connectivity index (χ4n) is 3.96. The van der Waals surface area contributed by atoms with Gasteiger partial charge in [-0.3, -0.25) is 4.79 Å². The Balaban J connectivity index is 2.22. The molecule has 39 heavy (non-hydrogen) atoms. The summed E-state index contributed by atoms with van der Waals surface area (Å²) in [6.07, 6.45) is -3.79. The lowest BCUT2D eigenvalue weighted by molar-refractivity contribution is -0.138. The quantitative estimate of drug-likeness (QED) is 0.152. The second kappa shape index (κ2) is 15.5. The minimum atomic E-state index is -4.77. The van der Waals surface area contributed by atoms with Crippen LogP contribution in [0.2, 0.25) is 0 Å². The number of nitrogens with one attached hydrogen (secondary N) is 1. The lowest BCUT2D eigenvalue weighted by Gasteiger charge is -2.22. The summed E-state index contributed by atoms with van der Waals surface area (Å²) >= 11 is 0. The molecule has 0 saturated carbocycles. The van der Waals surface area contributed by atoms with E-state index in [0.29, 0.717) is 25.3 Å². The van der Waals surface area contributed by atoms with Crippen LogP contribution >= 0.6 is 0 Å². The van der Waals surface area contributed by atoms with Crippen LogP contribution in [-0.4, -0.2) is 42.7 Å². The summed E-state index contributed by atoms with van der Waals surface area (Å²) in [4.78, 5) is 12.4. The molecular formula is C26H36F6N2O4S. The number of halogens is 6. The van der Waals surface area contributed by atoms with E-state index in [9.17, 15) is 44.7 Å². The number of sulfone groups is 1. The van der Waals surface area contributed by atoms with E-state index >= 15 is 0 Å². The first-order valence-electron chi connectivity index (χ1n) is 12.9. The Kier molecular flexibility index (Phi) is 13.8. The molecule has 0 saturated heterocycles. The molecule has 0 aliphatic carbocycles. The lowest BCUT2D eigenvalue weighted by Crippen LogP contribution is -2.40. The van der Waals surface area contributed by atoms with E-state index in [-0.39, 0.29) is 17.9 Å². The number of aliphatic hydroxyl groups is 1. The first-order valence-corrected chi connectivity index (χ1v) is 14.7. The van der Waals surface area contributed by atoms with E-state index in [1.54, 1.807) is 0 Å². The molecule has 1 rings (SSSR count). The number of nitrogens with zero attached hydrogens (tertiary/aromatic N) is 1. The molecule has 0 aromatic heterocycles. The molecule has 0 aliphatic rings. The zero-order valence-electron chi connectivity index (χ0n) is 21.9. The molecule has 0 fully saturated rings. The van der Waals surface area contributed by atoms with Crippen LogP contribution in [-0.2, 0) is 20.8 Å². The Morgan fingerprint density at radius 1 is 0.872 bits per heavy atom. The van der Waals surface area contributed by atoms with Gasteiger partial charge in [0.2, 0.25) is 0 Å². The van der Waals surface area contributed by atoms with Crippen molar-refractivity contribution in [1.29, 1.82) is 5.26 Å². The highest BCUT2D eigenvalue weighted by atomic mass is 32.2. The smallest absolute Gasteiger partial charge is 0.380 e. The number of nitriles is 1. The third kappa shape index (κ3) is 14.6. The molecule has 0 radical (unpaired) electrons. The average Bonchev–Trinajstić information content (AvgIpc) is 2.80. The van der Waals surface area contributed by atoms with Crippen LogP contribution in [0.4, 0.5) is 32.0 Å². The molecular weight excluding hydrogens is 550 g/mol. The maximum atomic E-state index is 13.1. The van der Waals surface area contributed by atoms with Crippen molar-refractivity contribution >= 4 is 21.4 Å². The van der Waals surface area contributed by atoms with Crippen molar-refractivity contribution in [2.45, 2.75) is 102 Å². The van der Waals surface area contributed by atoms with E-state index in [1.165, 1.54) is 19.1 Å². The molecule has 0 unspecified atom stereocenters. The normalized spacial score (nSPS) is 14.0. The van der Waals surface area contributed by atoms with Gasteiger partial charge in [0.05, 0.1) is 28.7 Å². The van der Waals surface area contributed by atoms with Crippen LogP contribution in [0.3, 0.4) is 0 Å². The highest BCUT2D eigenvalue weighted by molar-refractivity contribution is 7.91. The van der Waals surface area contributed by atoms with Gasteiger partial charge in [0, 0.05) is 12.1 Å². The molecule has 222 valence electrons. The van der Waals surface area contributed by atoms with Gasteiger partial charge in [0.25, 0.3) is 5.91 Å². The summed E-state index contributed by atoms with van der Waals surface area (Å²) in [5.74, 6) is -1.40. The van der Waals surface area contributed by atoms with Crippen molar-refractivity contribution < 1.29 is 44.7 Å². The van der Waals surface area contributed by atoms with Gasteiger partial charge in [-0.25, -0.2) is 8.42 Å². The molecule has 1 aromatic carbocycles. The third-order valence-corrected chi connectivity index (χ3v) is 8.05. The number of unbranched alkanes of at least 4 members (excludes halogenated alkanes) is 8. The molecule has 0 spiro atoms. The number of amides is 1. The van der Waals surface area contributed by atoms with Gasteiger partial charge >= 0.3 is 12.4 Å².